The van der Waals surface area contributed by atoms with Crippen LogP contribution in [0.2, 0.25) is 0 Å². The van der Waals surface area contributed by atoms with E-state index in [9.17, 15) is 14.4 Å². The van der Waals surface area contributed by atoms with Crippen LogP contribution in [-0.2, 0) is 9.59 Å². The van der Waals surface area contributed by atoms with Crippen molar-refractivity contribution in [2.75, 3.05) is 13.6 Å². The number of aliphatic imine (C=N–C) groups is 1. The molecule has 0 saturated carbocycles. The van der Waals surface area contributed by atoms with Gasteiger partial charge >= 0.3 is 6.03 Å². The summed E-state index contributed by atoms with van der Waals surface area (Å²) in [7, 11) is 1.43. The minimum atomic E-state index is -1.53. The van der Waals surface area contributed by atoms with E-state index in [1.165, 1.54) is 7.05 Å². The molecule has 0 radical (unpaired) electrons. The zero-order valence-corrected chi connectivity index (χ0v) is 12.0. The number of primary amides is 1. The lowest BCUT2D eigenvalue weighted by molar-refractivity contribution is -0.142. The van der Waals surface area contributed by atoms with E-state index in [2.05, 4.69) is 15.6 Å². The normalized spacial score (nSPS) is 18.6. The molecule has 0 bridgehead atoms. The summed E-state index contributed by atoms with van der Waals surface area (Å²) in [5.74, 6) is -1.10. The molecule has 1 aliphatic heterocycles. The van der Waals surface area contributed by atoms with Crippen LogP contribution in [0, 0.1) is 0 Å². The van der Waals surface area contributed by atoms with Crippen molar-refractivity contribution >= 4 is 23.8 Å². The van der Waals surface area contributed by atoms with Crippen LogP contribution >= 0.6 is 0 Å². The number of carbonyl (C=O) groups is 3. The molecule has 4 amide bonds. The molecule has 0 aliphatic carbocycles. The Labute approximate surface area is 122 Å². The monoisotopic (exact) mass is 299 g/mol. The number of urea groups is 1. The molecule has 0 fully saturated rings. The van der Waals surface area contributed by atoms with Crippen LogP contribution in [0.3, 0.4) is 0 Å². The lowest BCUT2D eigenvalue weighted by Crippen LogP contribution is -2.66. The summed E-state index contributed by atoms with van der Waals surface area (Å²) in [6, 6.07) is -1.69. The maximum Gasteiger partial charge on any atom is 0.318 e. The van der Waals surface area contributed by atoms with Crippen LogP contribution in [0.25, 0.3) is 0 Å². The van der Waals surface area contributed by atoms with Crippen LogP contribution in [0.4, 0.5) is 4.79 Å². The fourth-order valence-corrected chi connectivity index (χ4v) is 1.98. The first-order valence-corrected chi connectivity index (χ1v) is 6.45. The Balaban J connectivity index is 2.78. The third-order valence-corrected chi connectivity index (χ3v) is 3.06. The highest BCUT2D eigenvalue weighted by Gasteiger charge is 2.38. The Hall–Kier alpha value is -2.20. The summed E-state index contributed by atoms with van der Waals surface area (Å²) in [4.78, 5) is 39.9. The lowest BCUT2D eigenvalue weighted by Gasteiger charge is -2.34. The summed E-state index contributed by atoms with van der Waals surface area (Å²) < 4.78 is 0. The second-order valence-electron chi connectivity index (χ2n) is 4.89. The van der Waals surface area contributed by atoms with E-state index < -0.39 is 29.6 Å². The van der Waals surface area contributed by atoms with Crippen molar-refractivity contribution in [1.82, 2.24) is 15.5 Å². The quantitative estimate of drug-likeness (QED) is 0.357. The predicted molar refractivity (Wildman–Crippen MR) is 75.7 cm³/mol. The Kier molecular flexibility index (Phi) is 5.22. The van der Waals surface area contributed by atoms with Gasteiger partial charge in [-0.25, -0.2) is 9.79 Å². The maximum atomic E-state index is 12.2. The molecule has 10 heteroatoms. The van der Waals surface area contributed by atoms with Gasteiger partial charge in [-0.1, -0.05) is 13.3 Å². The molecule has 0 aromatic rings. The molecule has 1 rings (SSSR count). The summed E-state index contributed by atoms with van der Waals surface area (Å²) in [6.07, 6.45) is 0.927. The first kappa shape index (κ1) is 16.9. The molecule has 0 aromatic heterocycles. The number of likely N-dealkylation sites (N-methyl/N-ethyl adjacent to an activating group) is 1. The van der Waals surface area contributed by atoms with Crippen molar-refractivity contribution in [3.05, 3.63) is 0 Å². The van der Waals surface area contributed by atoms with E-state index in [4.69, 9.17) is 17.2 Å². The zero-order valence-electron chi connectivity index (χ0n) is 12.0. The van der Waals surface area contributed by atoms with E-state index >= 15 is 0 Å². The number of hydrogen-bond acceptors (Lipinski definition) is 6. The van der Waals surface area contributed by atoms with E-state index in [0.717, 1.165) is 4.90 Å². The molecule has 21 heavy (non-hydrogen) atoms. The maximum absolute atomic E-state index is 12.2. The molecular formula is C11H21N7O3. The van der Waals surface area contributed by atoms with E-state index in [1.807, 2.05) is 6.92 Å². The topological polar surface area (TPSA) is 169 Å². The van der Waals surface area contributed by atoms with Gasteiger partial charge in [0.05, 0.1) is 6.54 Å². The smallest absolute Gasteiger partial charge is 0.318 e. The summed E-state index contributed by atoms with van der Waals surface area (Å²) in [5.41, 5.74) is 14.9. The van der Waals surface area contributed by atoms with E-state index in [1.54, 1.807) is 0 Å². The number of nitrogens with one attached hydrogen (secondary N) is 2. The largest absolute Gasteiger partial charge is 0.351 e. The number of nitrogens with zero attached hydrogens (tertiary/aromatic N) is 2. The SMILES string of the molecule is CCCC(N)(N)C(=O)N(C)C1CN=C(NC(N)=O)NC1=O. The van der Waals surface area contributed by atoms with Gasteiger partial charge < -0.3 is 22.1 Å². The summed E-state index contributed by atoms with van der Waals surface area (Å²) in [5, 5.41) is 4.50. The first-order valence-electron chi connectivity index (χ1n) is 6.45. The number of guanidine groups is 1. The molecule has 0 aromatic carbocycles. The molecular weight excluding hydrogens is 278 g/mol. The molecule has 118 valence electrons. The van der Waals surface area contributed by atoms with Gasteiger partial charge in [-0.05, 0) is 6.42 Å². The van der Waals surface area contributed by atoms with Gasteiger partial charge in [-0.2, -0.15) is 0 Å². The fraction of sp³-hybridized carbons (Fsp3) is 0.636. The van der Waals surface area contributed by atoms with Gasteiger partial charge in [0, 0.05) is 7.05 Å². The predicted octanol–water partition coefficient (Wildman–Crippen LogP) is -2.62. The van der Waals surface area contributed by atoms with Gasteiger partial charge in [0.2, 0.25) is 5.96 Å². The van der Waals surface area contributed by atoms with Crippen molar-refractivity contribution in [2.45, 2.75) is 31.5 Å². The molecule has 1 aliphatic rings. The fourth-order valence-electron chi connectivity index (χ4n) is 1.98. The molecule has 1 heterocycles. The van der Waals surface area contributed by atoms with E-state index in [-0.39, 0.29) is 12.5 Å². The molecule has 10 nitrogen and oxygen atoms in total. The lowest BCUT2D eigenvalue weighted by atomic mass is 10.0. The van der Waals surface area contributed by atoms with Gasteiger partial charge in [-0.15, -0.1) is 0 Å². The Bertz CT molecular complexity index is 474. The van der Waals surface area contributed by atoms with Crippen LogP contribution in [0.1, 0.15) is 19.8 Å². The second kappa shape index (κ2) is 6.50. The molecule has 1 unspecified atom stereocenters. The van der Waals surface area contributed by atoms with Gasteiger partial charge in [0.25, 0.3) is 11.8 Å². The van der Waals surface area contributed by atoms with E-state index in [0.29, 0.717) is 12.8 Å². The van der Waals surface area contributed by atoms with Crippen molar-refractivity contribution in [3.8, 4) is 0 Å². The number of nitrogens with two attached hydrogens (primary N) is 3. The highest BCUT2D eigenvalue weighted by Crippen LogP contribution is 2.11. The Morgan fingerprint density at radius 3 is 2.62 bits per heavy atom. The van der Waals surface area contributed by atoms with Crippen LogP contribution in [-0.4, -0.2) is 54.0 Å². The minimum Gasteiger partial charge on any atom is -0.351 e. The Morgan fingerprint density at radius 2 is 2.14 bits per heavy atom. The number of hydrogen-bond donors (Lipinski definition) is 5. The summed E-state index contributed by atoms with van der Waals surface area (Å²) >= 11 is 0. The van der Waals surface area contributed by atoms with Gasteiger partial charge in [0.15, 0.2) is 0 Å². The molecule has 0 spiro atoms. The van der Waals surface area contributed by atoms with Crippen LogP contribution < -0.4 is 27.8 Å². The zero-order chi connectivity index (χ0) is 16.2. The van der Waals surface area contributed by atoms with Crippen molar-refractivity contribution in [1.29, 1.82) is 0 Å². The van der Waals surface area contributed by atoms with Crippen molar-refractivity contribution in [3.63, 3.8) is 0 Å². The summed E-state index contributed by atoms with van der Waals surface area (Å²) in [6.45, 7) is 1.83. The van der Waals surface area contributed by atoms with Crippen molar-refractivity contribution < 1.29 is 14.4 Å². The van der Waals surface area contributed by atoms with Gasteiger partial charge in [-0.3, -0.25) is 20.2 Å². The van der Waals surface area contributed by atoms with Crippen molar-refractivity contribution in [2.24, 2.45) is 22.2 Å². The molecule has 8 N–H and O–H groups in total. The molecule has 0 saturated heterocycles. The second-order valence-corrected chi connectivity index (χ2v) is 4.89. The highest BCUT2D eigenvalue weighted by molar-refractivity contribution is 6.07. The highest BCUT2D eigenvalue weighted by atomic mass is 16.2. The standard InChI is InChI=1S/C11H21N7O3/c1-3-4-11(13,14)8(20)18(2)6-5-15-10(16-7(6)19)17-9(12)21/h6H,3-5,13-14H2,1-2H3,(H4,12,15,16,17,19,21). The number of rotatable bonds is 4. The Morgan fingerprint density at radius 1 is 1.52 bits per heavy atom. The minimum absolute atomic E-state index is 0.0219. The van der Waals surface area contributed by atoms with Crippen LogP contribution in [0.15, 0.2) is 4.99 Å². The first-order chi connectivity index (χ1) is 9.69. The van der Waals surface area contributed by atoms with Gasteiger partial charge in [0.1, 0.15) is 11.7 Å². The average Bonchev–Trinajstić information content (AvgIpc) is 2.36. The molecule has 1 atom stereocenters. The third kappa shape index (κ3) is 4.13. The number of amides is 4. The third-order valence-electron chi connectivity index (χ3n) is 3.06. The average molecular weight is 299 g/mol. The number of carbonyl (C=O) groups excluding carboxylic acids is 3. The van der Waals surface area contributed by atoms with Crippen LogP contribution in [0.5, 0.6) is 0 Å².